The minimum absolute atomic E-state index is 0.0572. The van der Waals surface area contributed by atoms with Gasteiger partial charge in [0.1, 0.15) is 0 Å². The predicted octanol–water partition coefficient (Wildman–Crippen LogP) is 0.880. The van der Waals surface area contributed by atoms with Crippen LogP contribution in [0.15, 0.2) is 18.5 Å². The number of hydrogen-bond donors (Lipinski definition) is 2. The Morgan fingerprint density at radius 2 is 2.27 bits per heavy atom. The van der Waals surface area contributed by atoms with Crippen molar-refractivity contribution in [3.8, 4) is 0 Å². The Kier molecular flexibility index (Phi) is 4.29. The first-order chi connectivity index (χ1) is 7.03. The lowest BCUT2D eigenvalue weighted by atomic mass is 9.95. The van der Waals surface area contributed by atoms with E-state index in [1.54, 1.807) is 6.20 Å². The molecule has 2 N–H and O–H groups in total. The van der Waals surface area contributed by atoms with Gasteiger partial charge in [-0.3, -0.25) is 4.68 Å². The highest BCUT2D eigenvalue weighted by molar-refractivity contribution is 4.79. The molecule has 1 heterocycles. The average Bonchev–Trinajstić information content (AvgIpc) is 2.68. The second kappa shape index (κ2) is 5.28. The number of nitrogens with one attached hydrogen (secondary N) is 1. The van der Waals surface area contributed by atoms with Crippen LogP contribution in [0.5, 0.6) is 0 Å². The van der Waals surface area contributed by atoms with E-state index in [4.69, 9.17) is 5.11 Å². The van der Waals surface area contributed by atoms with Crippen molar-refractivity contribution in [2.75, 3.05) is 13.2 Å². The molecule has 0 saturated heterocycles. The van der Waals surface area contributed by atoms with E-state index in [0.29, 0.717) is 6.04 Å². The lowest BCUT2D eigenvalue weighted by molar-refractivity contribution is 0.152. The van der Waals surface area contributed by atoms with E-state index in [1.165, 1.54) is 0 Å². The van der Waals surface area contributed by atoms with Gasteiger partial charge in [-0.2, -0.15) is 5.10 Å². The number of aromatic nitrogens is 2. The van der Waals surface area contributed by atoms with E-state index in [0.717, 1.165) is 13.1 Å². The van der Waals surface area contributed by atoms with Crippen molar-refractivity contribution in [1.29, 1.82) is 0 Å². The predicted molar refractivity (Wildman–Crippen MR) is 60.6 cm³/mol. The average molecular weight is 211 g/mol. The maximum atomic E-state index is 9.11. The fourth-order valence-electron chi connectivity index (χ4n) is 1.26. The molecule has 0 radical (unpaired) electrons. The first-order valence-electron chi connectivity index (χ1n) is 5.35. The van der Waals surface area contributed by atoms with Gasteiger partial charge < -0.3 is 10.4 Å². The van der Waals surface area contributed by atoms with Crippen molar-refractivity contribution in [1.82, 2.24) is 15.1 Å². The third-order valence-electron chi connectivity index (χ3n) is 2.38. The summed E-state index contributed by atoms with van der Waals surface area (Å²) in [5.74, 6) is 0. The lowest BCUT2D eigenvalue weighted by Crippen LogP contribution is -2.39. The molecule has 0 spiro atoms. The summed E-state index contributed by atoms with van der Waals surface area (Å²) in [5, 5.41) is 16.6. The third-order valence-corrected chi connectivity index (χ3v) is 2.38. The highest BCUT2D eigenvalue weighted by atomic mass is 16.3. The quantitative estimate of drug-likeness (QED) is 0.734. The van der Waals surface area contributed by atoms with Gasteiger partial charge in [-0.15, -0.1) is 0 Å². The molecule has 0 saturated carbocycles. The maximum absolute atomic E-state index is 9.11. The topological polar surface area (TPSA) is 50.1 Å². The minimum Gasteiger partial charge on any atom is -0.396 e. The number of rotatable bonds is 6. The summed E-state index contributed by atoms with van der Waals surface area (Å²) in [6.07, 6.45) is 3.74. The summed E-state index contributed by atoms with van der Waals surface area (Å²) >= 11 is 0. The fourth-order valence-corrected chi connectivity index (χ4v) is 1.26. The fraction of sp³-hybridized carbons (Fsp3) is 0.727. The monoisotopic (exact) mass is 211 g/mol. The van der Waals surface area contributed by atoms with Gasteiger partial charge in [-0.25, -0.2) is 0 Å². The second-order valence-electron chi connectivity index (χ2n) is 4.83. The first kappa shape index (κ1) is 12.2. The van der Waals surface area contributed by atoms with Gasteiger partial charge in [0.25, 0.3) is 0 Å². The maximum Gasteiger partial charge on any atom is 0.0559 e. The Hall–Kier alpha value is -0.870. The lowest BCUT2D eigenvalue weighted by Gasteiger charge is -2.24. The number of aliphatic hydroxyl groups is 1. The zero-order chi connectivity index (χ0) is 11.3. The summed E-state index contributed by atoms with van der Waals surface area (Å²) < 4.78 is 1.91. The molecule has 4 nitrogen and oxygen atoms in total. The van der Waals surface area contributed by atoms with Crippen LogP contribution in [0.3, 0.4) is 0 Å². The summed E-state index contributed by atoms with van der Waals surface area (Å²) in [6.45, 7) is 8.07. The van der Waals surface area contributed by atoms with Gasteiger partial charge >= 0.3 is 0 Å². The molecule has 1 rings (SSSR count). The van der Waals surface area contributed by atoms with E-state index in [2.05, 4.69) is 17.3 Å². The van der Waals surface area contributed by atoms with Crippen molar-refractivity contribution in [2.24, 2.45) is 5.41 Å². The van der Waals surface area contributed by atoms with Gasteiger partial charge in [0, 0.05) is 37.0 Å². The molecule has 1 aromatic rings. The van der Waals surface area contributed by atoms with Gasteiger partial charge in [0.05, 0.1) is 6.54 Å². The molecular formula is C11H21N3O. The van der Waals surface area contributed by atoms with E-state index >= 15 is 0 Å². The molecule has 1 unspecified atom stereocenters. The van der Waals surface area contributed by atoms with Crippen molar-refractivity contribution in [3.63, 3.8) is 0 Å². The molecule has 0 amide bonds. The highest BCUT2D eigenvalue weighted by Crippen LogP contribution is 2.11. The molecule has 4 heteroatoms. The zero-order valence-corrected chi connectivity index (χ0v) is 9.77. The highest BCUT2D eigenvalue weighted by Gasteiger charge is 2.17. The van der Waals surface area contributed by atoms with Crippen LogP contribution in [-0.4, -0.2) is 34.1 Å². The van der Waals surface area contributed by atoms with Crippen LogP contribution < -0.4 is 5.32 Å². The molecule has 1 atom stereocenters. The Morgan fingerprint density at radius 3 is 2.80 bits per heavy atom. The Balaban J connectivity index is 2.28. The summed E-state index contributed by atoms with van der Waals surface area (Å²) in [5.41, 5.74) is -0.0572. The van der Waals surface area contributed by atoms with Crippen LogP contribution in [0.25, 0.3) is 0 Å². The SMILES string of the molecule is CC(Cn1cccn1)NCC(C)(C)CO. The first-order valence-corrected chi connectivity index (χ1v) is 5.35. The van der Waals surface area contributed by atoms with E-state index < -0.39 is 0 Å². The zero-order valence-electron chi connectivity index (χ0n) is 9.77. The molecule has 0 aliphatic rings. The molecule has 0 aromatic carbocycles. The van der Waals surface area contributed by atoms with Crippen LogP contribution in [0.4, 0.5) is 0 Å². The number of nitrogens with zero attached hydrogens (tertiary/aromatic N) is 2. The van der Waals surface area contributed by atoms with Gasteiger partial charge in [-0.1, -0.05) is 13.8 Å². The second-order valence-corrected chi connectivity index (χ2v) is 4.83. The number of aliphatic hydroxyl groups excluding tert-OH is 1. The molecule has 1 aromatic heterocycles. The summed E-state index contributed by atoms with van der Waals surface area (Å²) in [6, 6.07) is 2.28. The standard InChI is InChI=1S/C11H21N3O/c1-10(7-14-6-4-5-13-14)12-8-11(2,3)9-15/h4-6,10,12,15H,7-9H2,1-3H3. The van der Waals surface area contributed by atoms with Crippen molar-refractivity contribution in [2.45, 2.75) is 33.4 Å². The molecule has 0 aliphatic carbocycles. The third kappa shape index (κ3) is 4.44. The van der Waals surface area contributed by atoms with Gasteiger partial charge in [-0.05, 0) is 13.0 Å². The minimum atomic E-state index is -0.0572. The van der Waals surface area contributed by atoms with Crippen LogP contribution in [-0.2, 0) is 6.54 Å². The molecule has 0 aliphatic heterocycles. The van der Waals surface area contributed by atoms with Crippen molar-refractivity contribution < 1.29 is 5.11 Å². The van der Waals surface area contributed by atoms with E-state index in [-0.39, 0.29) is 12.0 Å². The molecular weight excluding hydrogens is 190 g/mol. The van der Waals surface area contributed by atoms with Crippen LogP contribution in [0, 0.1) is 5.41 Å². The van der Waals surface area contributed by atoms with Crippen LogP contribution in [0.1, 0.15) is 20.8 Å². The Bertz CT molecular complexity index is 269. The summed E-state index contributed by atoms with van der Waals surface area (Å²) in [4.78, 5) is 0. The Labute approximate surface area is 91.3 Å². The molecule has 15 heavy (non-hydrogen) atoms. The molecule has 0 bridgehead atoms. The van der Waals surface area contributed by atoms with Gasteiger partial charge in [0.2, 0.25) is 0 Å². The molecule has 0 fully saturated rings. The smallest absolute Gasteiger partial charge is 0.0559 e. The van der Waals surface area contributed by atoms with Gasteiger partial charge in [0.15, 0.2) is 0 Å². The Morgan fingerprint density at radius 1 is 1.53 bits per heavy atom. The van der Waals surface area contributed by atoms with Crippen molar-refractivity contribution >= 4 is 0 Å². The summed E-state index contributed by atoms with van der Waals surface area (Å²) in [7, 11) is 0. The molecule has 86 valence electrons. The van der Waals surface area contributed by atoms with E-state index in [9.17, 15) is 0 Å². The largest absolute Gasteiger partial charge is 0.396 e. The van der Waals surface area contributed by atoms with E-state index in [1.807, 2.05) is 30.8 Å². The number of hydrogen-bond acceptors (Lipinski definition) is 3. The van der Waals surface area contributed by atoms with Crippen LogP contribution >= 0.6 is 0 Å². The van der Waals surface area contributed by atoms with Crippen molar-refractivity contribution in [3.05, 3.63) is 18.5 Å². The van der Waals surface area contributed by atoms with Crippen LogP contribution in [0.2, 0.25) is 0 Å². The normalized spacial score (nSPS) is 14.1.